The molecule has 25 heavy (non-hydrogen) atoms. The molecular weight excluding hydrogens is 340 g/mol. The Bertz CT molecular complexity index is 896. The van der Waals surface area contributed by atoms with Gasteiger partial charge in [-0.1, -0.05) is 17.8 Å². The summed E-state index contributed by atoms with van der Waals surface area (Å²) in [5.74, 6) is 0.190. The van der Waals surface area contributed by atoms with Crippen LogP contribution in [0.3, 0.4) is 0 Å². The average molecular weight is 356 g/mol. The maximum absolute atomic E-state index is 11.0. The second kappa shape index (κ2) is 7.35. The average Bonchev–Trinajstić information content (AvgIpc) is 3.04. The van der Waals surface area contributed by atoms with Crippen LogP contribution < -0.4 is 4.74 Å². The Morgan fingerprint density at radius 3 is 2.84 bits per heavy atom. The highest BCUT2D eigenvalue weighted by Gasteiger charge is 2.20. The van der Waals surface area contributed by atoms with Gasteiger partial charge in [-0.25, -0.2) is 0 Å². The minimum absolute atomic E-state index is 0.112. The largest absolute Gasteiger partial charge is 0.495 e. The third-order valence-electron chi connectivity index (χ3n) is 3.45. The molecule has 2 aromatic heterocycles. The van der Waals surface area contributed by atoms with Crippen molar-refractivity contribution in [2.75, 3.05) is 12.9 Å². The fraction of sp³-hybridized carbons (Fsp3) is 0.176. The number of nitrogens with zero attached hydrogens (tertiary/aromatic N) is 4. The van der Waals surface area contributed by atoms with E-state index in [2.05, 4.69) is 15.2 Å². The van der Waals surface area contributed by atoms with E-state index >= 15 is 0 Å². The van der Waals surface area contributed by atoms with Gasteiger partial charge in [0.05, 0.1) is 18.6 Å². The van der Waals surface area contributed by atoms with Crippen LogP contribution in [-0.4, -0.2) is 43.7 Å². The number of rotatable bonds is 6. The van der Waals surface area contributed by atoms with Crippen molar-refractivity contribution in [1.29, 1.82) is 0 Å². The molecule has 128 valence electrons. The molecule has 0 aliphatic heterocycles. The zero-order valence-corrected chi connectivity index (χ0v) is 14.5. The van der Waals surface area contributed by atoms with Gasteiger partial charge >= 0.3 is 5.97 Å². The summed E-state index contributed by atoms with van der Waals surface area (Å²) < 4.78 is 7.28. The smallest absolute Gasteiger partial charge is 0.313 e. The summed E-state index contributed by atoms with van der Waals surface area (Å²) in [6.45, 7) is 1.97. The Hall–Kier alpha value is -2.87. The number of aliphatic carboxylic acids is 1. The first kappa shape index (κ1) is 17.0. The minimum atomic E-state index is -0.918. The maximum Gasteiger partial charge on any atom is 0.313 e. The third-order valence-corrected chi connectivity index (χ3v) is 4.37. The number of hydrogen-bond acceptors (Lipinski definition) is 6. The molecule has 0 saturated heterocycles. The fourth-order valence-corrected chi connectivity index (χ4v) is 3.03. The lowest BCUT2D eigenvalue weighted by molar-refractivity contribution is -0.133. The third kappa shape index (κ3) is 3.63. The van der Waals surface area contributed by atoms with Crippen LogP contribution >= 0.6 is 11.8 Å². The lowest BCUT2D eigenvalue weighted by Gasteiger charge is -2.14. The molecular formula is C17H16N4O3S. The van der Waals surface area contributed by atoms with E-state index in [9.17, 15) is 4.79 Å². The van der Waals surface area contributed by atoms with Crippen molar-refractivity contribution in [3.8, 4) is 22.8 Å². The predicted octanol–water partition coefficient (Wildman–Crippen LogP) is 2.82. The van der Waals surface area contributed by atoms with Gasteiger partial charge in [-0.05, 0) is 36.8 Å². The summed E-state index contributed by atoms with van der Waals surface area (Å²) in [7, 11) is 1.59. The number of ether oxygens (including phenoxy) is 1. The molecule has 0 fully saturated rings. The van der Waals surface area contributed by atoms with Gasteiger partial charge < -0.3 is 9.84 Å². The van der Waals surface area contributed by atoms with Crippen LogP contribution in [-0.2, 0) is 4.79 Å². The Labute approximate surface area is 148 Å². The number of aryl methyl sites for hydroxylation is 1. The Kier molecular flexibility index (Phi) is 4.99. The molecule has 3 rings (SSSR count). The van der Waals surface area contributed by atoms with Crippen molar-refractivity contribution in [2.45, 2.75) is 12.1 Å². The Morgan fingerprint density at radius 2 is 2.16 bits per heavy atom. The van der Waals surface area contributed by atoms with Crippen molar-refractivity contribution in [3.63, 3.8) is 0 Å². The van der Waals surface area contributed by atoms with E-state index in [-0.39, 0.29) is 5.75 Å². The second-order valence-electron chi connectivity index (χ2n) is 5.24. The molecule has 0 atom stereocenters. The number of pyridine rings is 1. The first-order chi connectivity index (χ1) is 12.1. The number of aromatic nitrogens is 4. The van der Waals surface area contributed by atoms with Gasteiger partial charge in [0, 0.05) is 18.0 Å². The zero-order chi connectivity index (χ0) is 17.8. The fourth-order valence-electron chi connectivity index (χ4n) is 2.36. The van der Waals surface area contributed by atoms with E-state index in [4.69, 9.17) is 9.84 Å². The van der Waals surface area contributed by atoms with E-state index in [1.165, 1.54) is 0 Å². The van der Waals surface area contributed by atoms with Gasteiger partial charge in [-0.3, -0.25) is 14.3 Å². The van der Waals surface area contributed by atoms with E-state index in [0.29, 0.717) is 16.7 Å². The van der Waals surface area contributed by atoms with Crippen LogP contribution in [0, 0.1) is 6.92 Å². The summed E-state index contributed by atoms with van der Waals surface area (Å²) in [5.41, 5.74) is 2.57. The molecule has 0 aliphatic rings. The highest BCUT2D eigenvalue weighted by molar-refractivity contribution is 7.99. The molecule has 0 amide bonds. The number of carbonyl (C=O) groups is 1. The summed E-state index contributed by atoms with van der Waals surface area (Å²) in [6.07, 6.45) is 3.37. The Balaban J connectivity index is 2.19. The van der Waals surface area contributed by atoms with Crippen LogP contribution in [0.1, 0.15) is 5.56 Å². The molecule has 0 spiro atoms. The lowest BCUT2D eigenvalue weighted by Crippen LogP contribution is -2.05. The van der Waals surface area contributed by atoms with E-state index in [0.717, 1.165) is 28.6 Å². The van der Waals surface area contributed by atoms with E-state index in [1.54, 1.807) is 24.1 Å². The van der Waals surface area contributed by atoms with Crippen molar-refractivity contribution < 1.29 is 14.6 Å². The highest BCUT2D eigenvalue weighted by atomic mass is 32.2. The Morgan fingerprint density at radius 1 is 1.32 bits per heavy atom. The number of thioether (sulfide) groups is 1. The van der Waals surface area contributed by atoms with Crippen molar-refractivity contribution in [1.82, 2.24) is 19.7 Å². The number of benzene rings is 1. The topological polar surface area (TPSA) is 90.1 Å². The molecule has 3 aromatic rings. The standard InChI is InChI=1S/C17H16N4O3S/c1-11-5-6-14(24-2)13(8-11)21-16(12-4-3-7-18-9-12)19-20-17(21)25-10-15(22)23/h3-9H,10H2,1-2H3,(H,22,23). The second-order valence-corrected chi connectivity index (χ2v) is 6.18. The van der Waals surface area contributed by atoms with Crippen LogP contribution in [0.15, 0.2) is 47.9 Å². The molecule has 8 heteroatoms. The summed E-state index contributed by atoms with van der Waals surface area (Å²) in [5, 5.41) is 17.9. The molecule has 2 heterocycles. The molecule has 1 aromatic carbocycles. The van der Waals surface area contributed by atoms with Gasteiger partial charge in [-0.15, -0.1) is 10.2 Å². The van der Waals surface area contributed by atoms with E-state index < -0.39 is 5.97 Å². The predicted molar refractivity (Wildman–Crippen MR) is 94.2 cm³/mol. The number of carboxylic acids is 1. The normalized spacial score (nSPS) is 10.6. The van der Waals surface area contributed by atoms with Crippen LogP contribution in [0.5, 0.6) is 5.75 Å². The lowest BCUT2D eigenvalue weighted by atomic mass is 10.2. The van der Waals surface area contributed by atoms with Gasteiger partial charge in [0.15, 0.2) is 11.0 Å². The molecule has 0 unspecified atom stereocenters. The molecule has 0 radical (unpaired) electrons. The highest BCUT2D eigenvalue weighted by Crippen LogP contribution is 2.32. The van der Waals surface area contributed by atoms with Gasteiger partial charge in [0.2, 0.25) is 0 Å². The van der Waals surface area contributed by atoms with Gasteiger partial charge in [0.1, 0.15) is 5.75 Å². The first-order valence-corrected chi connectivity index (χ1v) is 8.44. The number of methoxy groups -OCH3 is 1. The molecule has 0 bridgehead atoms. The SMILES string of the molecule is COc1ccc(C)cc1-n1c(SCC(=O)O)nnc1-c1cccnc1. The summed E-state index contributed by atoms with van der Waals surface area (Å²) in [6, 6.07) is 9.45. The minimum Gasteiger partial charge on any atom is -0.495 e. The van der Waals surface area contributed by atoms with Crippen molar-refractivity contribution >= 4 is 17.7 Å². The zero-order valence-electron chi connectivity index (χ0n) is 13.7. The number of hydrogen-bond donors (Lipinski definition) is 1. The van der Waals surface area contributed by atoms with Crippen LogP contribution in [0.2, 0.25) is 0 Å². The molecule has 7 nitrogen and oxygen atoms in total. The quantitative estimate of drug-likeness (QED) is 0.679. The van der Waals surface area contributed by atoms with E-state index in [1.807, 2.05) is 37.3 Å². The summed E-state index contributed by atoms with van der Waals surface area (Å²) in [4.78, 5) is 15.1. The number of carboxylic acid groups (broad SMARTS) is 1. The van der Waals surface area contributed by atoms with Crippen molar-refractivity contribution in [2.24, 2.45) is 0 Å². The monoisotopic (exact) mass is 356 g/mol. The van der Waals surface area contributed by atoms with Crippen LogP contribution in [0.4, 0.5) is 0 Å². The van der Waals surface area contributed by atoms with Gasteiger partial charge in [0.25, 0.3) is 0 Å². The van der Waals surface area contributed by atoms with Crippen LogP contribution in [0.25, 0.3) is 17.1 Å². The molecule has 1 N–H and O–H groups in total. The van der Waals surface area contributed by atoms with Gasteiger partial charge in [-0.2, -0.15) is 0 Å². The van der Waals surface area contributed by atoms with Crippen molar-refractivity contribution in [3.05, 3.63) is 48.3 Å². The maximum atomic E-state index is 11.0. The summed E-state index contributed by atoms with van der Waals surface area (Å²) >= 11 is 1.10. The first-order valence-electron chi connectivity index (χ1n) is 7.45. The molecule has 0 aliphatic carbocycles. The molecule has 0 saturated carbocycles.